The van der Waals surface area contributed by atoms with E-state index in [1.54, 1.807) is 0 Å². The molecule has 1 fully saturated rings. The van der Waals surface area contributed by atoms with Gasteiger partial charge in [0.05, 0.1) is 5.84 Å². The molecule has 70 valence electrons. The molecule has 1 aliphatic carbocycles. The van der Waals surface area contributed by atoms with Gasteiger partial charge in [-0.3, -0.25) is 5.41 Å². The Balaban J connectivity index is 2.01. The minimum absolute atomic E-state index is 0.332. The molecule has 0 saturated heterocycles. The van der Waals surface area contributed by atoms with Crippen LogP contribution in [-0.2, 0) is 0 Å². The predicted molar refractivity (Wildman–Crippen MR) is 55.9 cm³/mol. The summed E-state index contributed by atoms with van der Waals surface area (Å²) in [7, 11) is 0. The molecule has 3 N–H and O–H groups in total. The summed E-state index contributed by atoms with van der Waals surface area (Å²) in [4.78, 5) is 0. The lowest BCUT2D eigenvalue weighted by Crippen LogP contribution is -2.13. The Hall–Kier alpha value is -0.180. The van der Waals surface area contributed by atoms with E-state index in [2.05, 4.69) is 0 Å². The van der Waals surface area contributed by atoms with Crippen LogP contribution < -0.4 is 5.73 Å². The van der Waals surface area contributed by atoms with Crippen LogP contribution in [0.5, 0.6) is 0 Å². The fourth-order valence-corrected chi connectivity index (χ4v) is 2.91. The number of hydrogen-bond donors (Lipinski definition) is 2. The third kappa shape index (κ3) is 4.00. The fourth-order valence-electron chi connectivity index (χ4n) is 1.57. The number of thioether (sulfide) groups is 1. The molecule has 0 spiro atoms. The predicted octanol–water partition coefficient (Wildman–Crippen LogP) is 2.38. The smallest absolute Gasteiger partial charge is 0.0913 e. The summed E-state index contributed by atoms with van der Waals surface area (Å²) < 4.78 is 0. The highest BCUT2D eigenvalue weighted by Gasteiger charge is 2.12. The van der Waals surface area contributed by atoms with E-state index in [0.717, 1.165) is 17.4 Å². The zero-order valence-electron chi connectivity index (χ0n) is 7.51. The molecule has 0 radical (unpaired) electrons. The molecule has 0 atom stereocenters. The molecule has 0 aromatic heterocycles. The minimum Gasteiger partial charge on any atom is -0.388 e. The SMILES string of the molecule is N=C(N)CCSC1CCCCC1. The van der Waals surface area contributed by atoms with Crippen molar-refractivity contribution >= 4 is 17.6 Å². The molecule has 0 aromatic rings. The van der Waals surface area contributed by atoms with Crippen molar-refractivity contribution < 1.29 is 0 Å². The van der Waals surface area contributed by atoms with Crippen LogP contribution in [0.3, 0.4) is 0 Å². The molecular formula is C9H18N2S. The average Bonchev–Trinajstić information content (AvgIpc) is 2.05. The fraction of sp³-hybridized carbons (Fsp3) is 0.889. The Kier molecular flexibility index (Phi) is 4.51. The maximum absolute atomic E-state index is 7.08. The first-order valence-electron chi connectivity index (χ1n) is 4.73. The molecule has 0 unspecified atom stereocenters. The van der Waals surface area contributed by atoms with E-state index in [9.17, 15) is 0 Å². The largest absolute Gasteiger partial charge is 0.388 e. The van der Waals surface area contributed by atoms with Crippen LogP contribution in [0.1, 0.15) is 38.5 Å². The Morgan fingerprint density at radius 3 is 2.58 bits per heavy atom. The van der Waals surface area contributed by atoms with E-state index >= 15 is 0 Å². The highest BCUT2D eigenvalue weighted by atomic mass is 32.2. The highest BCUT2D eigenvalue weighted by molar-refractivity contribution is 7.99. The molecule has 0 bridgehead atoms. The Labute approximate surface area is 78.8 Å². The molecule has 1 saturated carbocycles. The van der Waals surface area contributed by atoms with Gasteiger partial charge in [-0.05, 0) is 12.8 Å². The molecule has 1 aliphatic rings. The van der Waals surface area contributed by atoms with E-state index in [0.29, 0.717) is 5.84 Å². The second kappa shape index (κ2) is 5.46. The van der Waals surface area contributed by atoms with Gasteiger partial charge in [0, 0.05) is 17.4 Å². The lowest BCUT2D eigenvalue weighted by molar-refractivity contribution is 0.516. The van der Waals surface area contributed by atoms with Crippen molar-refractivity contribution in [3.8, 4) is 0 Å². The molecule has 12 heavy (non-hydrogen) atoms. The lowest BCUT2D eigenvalue weighted by Gasteiger charge is -2.20. The number of nitrogens with one attached hydrogen (secondary N) is 1. The zero-order chi connectivity index (χ0) is 8.81. The summed E-state index contributed by atoms with van der Waals surface area (Å²) in [5.41, 5.74) is 5.28. The zero-order valence-corrected chi connectivity index (χ0v) is 8.33. The van der Waals surface area contributed by atoms with E-state index in [1.807, 2.05) is 11.8 Å². The Morgan fingerprint density at radius 1 is 1.33 bits per heavy atom. The second-order valence-corrected chi connectivity index (χ2v) is 4.81. The van der Waals surface area contributed by atoms with Gasteiger partial charge in [-0.2, -0.15) is 11.8 Å². The summed E-state index contributed by atoms with van der Waals surface area (Å²) in [5.74, 6) is 1.37. The van der Waals surface area contributed by atoms with Gasteiger partial charge in [0.2, 0.25) is 0 Å². The molecule has 0 aliphatic heterocycles. The Morgan fingerprint density at radius 2 is 2.00 bits per heavy atom. The van der Waals surface area contributed by atoms with Crippen LogP contribution in [0.4, 0.5) is 0 Å². The van der Waals surface area contributed by atoms with E-state index in [4.69, 9.17) is 11.1 Å². The molecule has 3 heteroatoms. The number of hydrogen-bond acceptors (Lipinski definition) is 2. The van der Waals surface area contributed by atoms with Gasteiger partial charge in [-0.1, -0.05) is 19.3 Å². The van der Waals surface area contributed by atoms with Gasteiger partial charge in [0.25, 0.3) is 0 Å². The van der Waals surface area contributed by atoms with Gasteiger partial charge in [-0.15, -0.1) is 0 Å². The van der Waals surface area contributed by atoms with Crippen molar-refractivity contribution in [1.29, 1.82) is 5.41 Å². The van der Waals surface area contributed by atoms with Gasteiger partial charge in [0.15, 0.2) is 0 Å². The normalized spacial score (nSPS) is 19.3. The van der Waals surface area contributed by atoms with Crippen LogP contribution in [-0.4, -0.2) is 16.8 Å². The summed E-state index contributed by atoms with van der Waals surface area (Å²) in [6.07, 6.45) is 7.74. The second-order valence-electron chi connectivity index (χ2n) is 3.41. The first kappa shape index (κ1) is 9.90. The van der Waals surface area contributed by atoms with Crippen LogP contribution in [0.2, 0.25) is 0 Å². The van der Waals surface area contributed by atoms with Crippen LogP contribution in [0, 0.1) is 5.41 Å². The van der Waals surface area contributed by atoms with E-state index < -0.39 is 0 Å². The third-order valence-corrected chi connectivity index (χ3v) is 3.66. The highest BCUT2D eigenvalue weighted by Crippen LogP contribution is 2.28. The number of rotatable bonds is 4. The first-order chi connectivity index (χ1) is 5.79. The maximum Gasteiger partial charge on any atom is 0.0913 e. The van der Waals surface area contributed by atoms with Crippen molar-refractivity contribution in [2.24, 2.45) is 5.73 Å². The first-order valence-corrected chi connectivity index (χ1v) is 5.78. The summed E-state index contributed by atoms with van der Waals surface area (Å²) in [5, 5.41) is 7.94. The van der Waals surface area contributed by atoms with Crippen LogP contribution in [0.15, 0.2) is 0 Å². The van der Waals surface area contributed by atoms with Crippen LogP contribution in [0.25, 0.3) is 0 Å². The lowest BCUT2D eigenvalue weighted by atomic mass is 10.0. The summed E-state index contributed by atoms with van der Waals surface area (Å²) in [6, 6.07) is 0. The minimum atomic E-state index is 0.332. The summed E-state index contributed by atoms with van der Waals surface area (Å²) in [6.45, 7) is 0. The van der Waals surface area contributed by atoms with Crippen molar-refractivity contribution in [2.45, 2.75) is 43.8 Å². The summed E-state index contributed by atoms with van der Waals surface area (Å²) >= 11 is 2.00. The maximum atomic E-state index is 7.08. The van der Waals surface area contributed by atoms with Gasteiger partial charge in [-0.25, -0.2) is 0 Å². The monoisotopic (exact) mass is 186 g/mol. The van der Waals surface area contributed by atoms with Crippen molar-refractivity contribution in [1.82, 2.24) is 0 Å². The van der Waals surface area contributed by atoms with Crippen LogP contribution >= 0.6 is 11.8 Å². The van der Waals surface area contributed by atoms with Crippen molar-refractivity contribution in [2.75, 3.05) is 5.75 Å². The van der Waals surface area contributed by atoms with E-state index in [-0.39, 0.29) is 0 Å². The Bertz CT molecular complexity index is 141. The quantitative estimate of drug-likeness (QED) is 0.523. The molecule has 0 heterocycles. The van der Waals surface area contributed by atoms with Crippen molar-refractivity contribution in [3.63, 3.8) is 0 Å². The molecule has 0 aromatic carbocycles. The number of amidine groups is 1. The van der Waals surface area contributed by atoms with Gasteiger partial charge < -0.3 is 5.73 Å². The van der Waals surface area contributed by atoms with Gasteiger partial charge >= 0.3 is 0 Å². The van der Waals surface area contributed by atoms with Gasteiger partial charge in [0.1, 0.15) is 0 Å². The number of nitrogens with two attached hydrogens (primary N) is 1. The standard InChI is InChI=1S/C9H18N2S/c10-9(11)6-7-12-8-4-2-1-3-5-8/h8H,1-7H2,(H3,10,11). The molecule has 2 nitrogen and oxygen atoms in total. The molecule has 0 amide bonds. The van der Waals surface area contributed by atoms with Crippen molar-refractivity contribution in [3.05, 3.63) is 0 Å². The third-order valence-electron chi connectivity index (χ3n) is 2.28. The van der Waals surface area contributed by atoms with E-state index in [1.165, 1.54) is 32.1 Å². The molecular weight excluding hydrogens is 168 g/mol. The topological polar surface area (TPSA) is 49.9 Å². The molecule has 1 rings (SSSR count). The average molecular weight is 186 g/mol.